The molecular weight excluding hydrogens is 252 g/mol. The topological polar surface area (TPSA) is 84.0 Å². The highest BCUT2D eigenvalue weighted by Gasteiger charge is 2.20. The van der Waals surface area contributed by atoms with Crippen molar-refractivity contribution in [2.45, 2.75) is 38.6 Å². The summed E-state index contributed by atoms with van der Waals surface area (Å²) in [5.74, 6) is 0. The molecule has 1 atom stereocenters. The second kappa shape index (κ2) is 6.77. The standard InChI is InChI=1S/C11H20N4O2S/c1-9(2)12-7-10(3)18(16,17)14-8-11-5-4-6-13-15-11/h4-6,9-10,12,14H,7-8H2,1-3H3. The van der Waals surface area contributed by atoms with E-state index in [-0.39, 0.29) is 12.6 Å². The van der Waals surface area contributed by atoms with Crippen LogP contribution in [0.4, 0.5) is 0 Å². The Bertz CT molecular complexity index is 447. The molecule has 6 nitrogen and oxygen atoms in total. The Balaban J connectivity index is 2.49. The molecular formula is C11H20N4O2S. The van der Waals surface area contributed by atoms with E-state index in [1.54, 1.807) is 25.3 Å². The van der Waals surface area contributed by atoms with E-state index in [4.69, 9.17) is 0 Å². The molecule has 0 aliphatic heterocycles. The lowest BCUT2D eigenvalue weighted by Crippen LogP contribution is -2.40. The average Bonchev–Trinajstić information content (AvgIpc) is 2.34. The molecule has 18 heavy (non-hydrogen) atoms. The molecule has 0 amide bonds. The maximum atomic E-state index is 11.9. The van der Waals surface area contributed by atoms with Gasteiger partial charge < -0.3 is 5.32 Å². The van der Waals surface area contributed by atoms with Crippen LogP contribution >= 0.6 is 0 Å². The average molecular weight is 272 g/mol. The van der Waals surface area contributed by atoms with Gasteiger partial charge in [-0.25, -0.2) is 13.1 Å². The molecule has 1 rings (SSSR count). The van der Waals surface area contributed by atoms with Crippen molar-refractivity contribution in [1.29, 1.82) is 0 Å². The maximum Gasteiger partial charge on any atom is 0.215 e. The van der Waals surface area contributed by atoms with Gasteiger partial charge in [0.05, 0.1) is 17.5 Å². The highest BCUT2D eigenvalue weighted by Crippen LogP contribution is 2.00. The van der Waals surface area contributed by atoms with Crippen molar-refractivity contribution < 1.29 is 8.42 Å². The zero-order chi connectivity index (χ0) is 13.6. The molecule has 0 spiro atoms. The first-order chi connectivity index (χ1) is 8.42. The summed E-state index contributed by atoms with van der Waals surface area (Å²) in [5.41, 5.74) is 0.602. The van der Waals surface area contributed by atoms with Gasteiger partial charge in [-0.2, -0.15) is 10.2 Å². The molecule has 0 fully saturated rings. The SMILES string of the molecule is CC(C)NCC(C)S(=O)(=O)NCc1cccnn1. The van der Waals surface area contributed by atoms with Gasteiger partial charge in [0.2, 0.25) is 10.0 Å². The fourth-order valence-electron chi connectivity index (χ4n) is 1.26. The third-order valence-corrected chi connectivity index (χ3v) is 4.20. The van der Waals surface area contributed by atoms with Gasteiger partial charge in [0, 0.05) is 18.8 Å². The Morgan fingerprint density at radius 1 is 1.33 bits per heavy atom. The summed E-state index contributed by atoms with van der Waals surface area (Å²) < 4.78 is 26.4. The molecule has 0 aliphatic rings. The van der Waals surface area contributed by atoms with E-state index >= 15 is 0 Å². The van der Waals surface area contributed by atoms with Crippen LogP contribution in [0.25, 0.3) is 0 Å². The fourth-order valence-corrected chi connectivity index (χ4v) is 2.21. The number of hydrogen-bond acceptors (Lipinski definition) is 5. The highest BCUT2D eigenvalue weighted by atomic mass is 32.2. The van der Waals surface area contributed by atoms with Gasteiger partial charge in [-0.05, 0) is 19.1 Å². The van der Waals surface area contributed by atoms with Crippen LogP contribution in [0.2, 0.25) is 0 Å². The maximum absolute atomic E-state index is 11.9. The van der Waals surface area contributed by atoms with Gasteiger partial charge in [-0.3, -0.25) is 0 Å². The molecule has 1 aromatic rings. The number of sulfonamides is 1. The molecule has 1 aromatic heterocycles. The van der Waals surface area contributed by atoms with Gasteiger partial charge >= 0.3 is 0 Å². The van der Waals surface area contributed by atoms with Crippen molar-refractivity contribution in [3.63, 3.8) is 0 Å². The Morgan fingerprint density at radius 3 is 2.61 bits per heavy atom. The summed E-state index contributed by atoms with van der Waals surface area (Å²) >= 11 is 0. The van der Waals surface area contributed by atoms with Crippen LogP contribution in [0.5, 0.6) is 0 Å². The largest absolute Gasteiger partial charge is 0.313 e. The minimum atomic E-state index is -3.33. The number of nitrogens with one attached hydrogen (secondary N) is 2. The first kappa shape index (κ1) is 15.0. The third-order valence-electron chi connectivity index (χ3n) is 2.43. The second-order valence-electron chi connectivity index (χ2n) is 4.45. The first-order valence-electron chi connectivity index (χ1n) is 5.90. The summed E-state index contributed by atoms with van der Waals surface area (Å²) in [5, 5.41) is 10.1. The lowest BCUT2D eigenvalue weighted by Gasteiger charge is -2.16. The lowest BCUT2D eigenvalue weighted by atomic mass is 10.3. The van der Waals surface area contributed by atoms with Gasteiger partial charge in [-0.15, -0.1) is 0 Å². The summed E-state index contributed by atoms with van der Waals surface area (Å²) in [4.78, 5) is 0. The molecule has 1 heterocycles. The van der Waals surface area contributed by atoms with Crippen molar-refractivity contribution in [3.8, 4) is 0 Å². The van der Waals surface area contributed by atoms with E-state index in [1.165, 1.54) is 0 Å². The molecule has 2 N–H and O–H groups in total. The molecule has 1 unspecified atom stereocenters. The zero-order valence-corrected chi connectivity index (χ0v) is 11.7. The second-order valence-corrected chi connectivity index (χ2v) is 6.64. The lowest BCUT2D eigenvalue weighted by molar-refractivity contribution is 0.539. The fraction of sp³-hybridized carbons (Fsp3) is 0.636. The smallest absolute Gasteiger partial charge is 0.215 e. The molecule has 0 aromatic carbocycles. The minimum absolute atomic E-state index is 0.169. The first-order valence-corrected chi connectivity index (χ1v) is 7.45. The minimum Gasteiger partial charge on any atom is -0.313 e. The molecule has 0 bridgehead atoms. The molecule has 0 radical (unpaired) electrons. The summed E-state index contributed by atoms with van der Waals surface area (Å²) in [6, 6.07) is 3.72. The van der Waals surface area contributed by atoms with Crippen molar-refractivity contribution in [2.75, 3.05) is 6.54 Å². The van der Waals surface area contributed by atoms with Crippen LogP contribution in [-0.4, -0.2) is 36.5 Å². The highest BCUT2D eigenvalue weighted by molar-refractivity contribution is 7.90. The predicted octanol–water partition coefficient (Wildman–Crippen LogP) is 0.282. The normalized spacial score (nSPS) is 13.8. The predicted molar refractivity (Wildman–Crippen MR) is 70.4 cm³/mol. The van der Waals surface area contributed by atoms with E-state index in [9.17, 15) is 8.42 Å². The number of aromatic nitrogens is 2. The van der Waals surface area contributed by atoms with Crippen LogP contribution in [0.1, 0.15) is 26.5 Å². The van der Waals surface area contributed by atoms with Gasteiger partial charge in [0.15, 0.2) is 0 Å². The number of nitrogens with zero attached hydrogens (tertiary/aromatic N) is 2. The van der Waals surface area contributed by atoms with Crippen molar-refractivity contribution in [1.82, 2.24) is 20.2 Å². The van der Waals surface area contributed by atoms with Crippen molar-refractivity contribution in [2.24, 2.45) is 0 Å². The molecule has 0 saturated heterocycles. The van der Waals surface area contributed by atoms with E-state index < -0.39 is 15.3 Å². The zero-order valence-electron chi connectivity index (χ0n) is 10.9. The van der Waals surface area contributed by atoms with Gasteiger partial charge in [-0.1, -0.05) is 13.8 Å². The monoisotopic (exact) mass is 272 g/mol. The summed E-state index contributed by atoms with van der Waals surface area (Å²) in [7, 11) is -3.33. The Kier molecular flexibility index (Phi) is 5.64. The van der Waals surface area contributed by atoms with Gasteiger partial charge in [0.25, 0.3) is 0 Å². The van der Waals surface area contributed by atoms with Crippen LogP contribution in [-0.2, 0) is 16.6 Å². The Hall–Kier alpha value is -1.05. The molecule has 102 valence electrons. The van der Waals surface area contributed by atoms with Crippen LogP contribution in [0, 0.1) is 0 Å². The Labute approximate surface area is 108 Å². The molecule has 0 saturated carbocycles. The van der Waals surface area contributed by atoms with E-state index in [1.807, 2.05) is 13.8 Å². The number of hydrogen-bond donors (Lipinski definition) is 2. The van der Waals surface area contributed by atoms with E-state index in [2.05, 4.69) is 20.2 Å². The molecule has 7 heteroatoms. The number of rotatable bonds is 7. The summed E-state index contributed by atoms with van der Waals surface area (Å²) in [6.07, 6.45) is 1.55. The Morgan fingerprint density at radius 2 is 2.06 bits per heavy atom. The van der Waals surface area contributed by atoms with Crippen LogP contribution in [0.3, 0.4) is 0 Å². The van der Waals surface area contributed by atoms with Gasteiger partial charge in [0.1, 0.15) is 0 Å². The van der Waals surface area contributed by atoms with E-state index in [0.717, 1.165) is 0 Å². The molecule has 0 aliphatic carbocycles. The van der Waals surface area contributed by atoms with Crippen LogP contribution < -0.4 is 10.0 Å². The van der Waals surface area contributed by atoms with Crippen molar-refractivity contribution in [3.05, 3.63) is 24.0 Å². The van der Waals surface area contributed by atoms with Crippen LogP contribution in [0.15, 0.2) is 18.3 Å². The quantitative estimate of drug-likeness (QED) is 0.745. The van der Waals surface area contributed by atoms with Crippen molar-refractivity contribution >= 4 is 10.0 Å². The van der Waals surface area contributed by atoms with E-state index in [0.29, 0.717) is 12.2 Å². The summed E-state index contributed by atoms with van der Waals surface area (Å²) in [6.45, 7) is 6.22. The third kappa shape index (κ3) is 5.07.